The lowest BCUT2D eigenvalue weighted by atomic mass is 10.0. The summed E-state index contributed by atoms with van der Waals surface area (Å²) < 4.78 is 11.3. The third-order valence-electron chi connectivity index (χ3n) is 5.21. The minimum Gasteiger partial charge on any atom is -0.477 e. The summed E-state index contributed by atoms with van der Waals surface area (Å²) >= 11 is 0. The highest BCUT2D eigenvalue weighted by atomic mass is 16.5. The molecule has 0 aromatic carbocycles. The van der Waals surface area contributed by atoms with E-state index in [-0.39, 0.29) is 12.3 Å². The van der Waals surface area contributed by atoms with Gasteiger partial charge in [-0.05, 0) is 24.8 Å². The highest BCUT2D eigenvalue weighted by Gasteiger charge is 2.31. The Bertz CT molecular complexity index is 832. The Morgan fingerprint density at radius 2 is 2.19 bits per heavy atom. The zero-order valence-electron chi connectivity index (χ0n) is 15.5. The molecule has 0 spiro atoms. The number of aryl methyl sites for hydroxylation is 1. The molecule has 0 atom stereocenters. The molecule has 2 aliphatic heterocycles. The summed E-state index contributed by atoms with van der Waals surface area (Å²) in [6.45, 7) is 4.64. The summed E-state index contributed by atoms with van der Waals surface area (Å²) in [6, 6.07) is 5.86. The van der Waals surface area contributed by atoms with Gasteiger partial charge in [-0.1, -0.05) is 0 Å². The summed E-state index contributed by atoms with van der Waals surface area (Å²) in [5, 5.41) is 0. The summed E-state index contributed by atoms with van der Waals surface area (Å²) in [5.74, 6) is 1.35. The summed E-state index contributed by atoms with van der Waals surface area (Å²) in [4.78, 5) is 21.8. The van der Waals surface area contributed by atoms with Crippen molar-refractivity contribution in [3.8, 4) is 5.88 Å². The Morgan fingerprint density at radius 1 is 1.37 bits per heavy atom. The van der Waals surface area contributed by atoms with Gasteiger partial charge >= 0.3 is 0 Å². The predicted molar refractivity (Wildman–Crippen MR) is 100 cm³/mol. The number of carbonyl (C=O) groups is 1. The molecule has 0 unspecified atom stereocenters. The lowest BCUT2D eigenvalue weighted by molar-refractivity contribution is -0.388. The van der Waals surface area contributed by atoms with Gasteiger partial charge in [0.25, 0.3) is 0 Å². The molecule has 0 aliphatic carbocycles. The molecule has 4 heterocycles. The Kier molecular flexibility index (Phi) is 4.94. The van der Waals surface area contributed by atoms with Crippen molar-refractivity contribution < 1.29 is 19.3 Å². The number of rotatable bonds is 5. The number of H-pyrrole nitrogens is 1. The first-order valence-electron chi connectivity index (χ1n) is 9.37. The van der Waals surface area contributed by atoms with Crippen LogP contribution in [0.1, 0.15) is 29.7 Å². The van der Waals surface area contributed by atoms with Crippen molar-refractivity contribution in [2.24, 2.45) is 5.92 Å². The van der Waals surface area contributed by atoms with Gasteiger partial charge in [-0.25, -0.2) is 4.98 Å². The molecular formula is C20H25N4O3+. The monoisotopic (exact) mass is 369 g/mol. The van der Waals surface area contributed by atoms with Gasteiger partial charge in [0.05, 0.1) is 25.3 Å². The smallest absolute Gasteiger partial charge is 0.231 e. The van der Waals surface area contributed by atoms with Crippen molar-refractivity contribution in [1.29, 1.82) is 0 Å². The number of anilines is 2. The maximum absolute atomic E-state index is 12.5. The molecule has 2 aromatic rings. The van der Waals surface area contributed by atoms with Crippen LogP contribution in [0.2, 0.25) is 0 Å². The van der Waals surface area contributed by atoms with Gasteiger partial charge < -0.3 is 20.1 Å². The number of hydrogen-bond donors (Lipinski definition) is 1. The number of nitrogen functional groups attached to an aromatic ring is 1. The Labute approximate surface area is 158 Å². The molecule has 142 valence electrons. The summed E-state index contributed by atoms with van der Waals surface area (Å²) in [7, 11) is 0. The second-order valence-electron chi connectivity index (χ2n) is 7.25. The number of amides is 1. The van der Waals surface area contributed by atoms with Gasteiger partial charge in [-0.2, -0.15) is 4.98 Å². The molecule has 2 aliphatic rings. The molecule has 3 N–H and O–H groups in total. The molecular weight excluding hydrogens is 344 g/mol. The first-order valence-corrected chi connectivity index (χ1v) is 9.37. The Balaban J connectivity index is 1.52. The highest BCUT2D eigenvalue weighted by molar-refractivity contribution is 6.02. The lowest BCUT2D eigenvalue weighted by Gasteiger charge is -2.22. The van der Waals surface area contributed by atoms with Crippen LogP contribution in [0.5, 0.6) is 5.88 Å². The van der Waals surface area contributed by atoms with E-state index in [1.165, 1.54) is 0 Å². The fraction of sp³-hybridized carbons (Fsp3) is 0.450. The molecule has 0 bridgehead atoms. The average molecular weight is 369 g/mol. The standard InChI is InChI=1S/C20H24N4O3/c1-13-2-3-15(10-22-13)11-24-17-9-18(23-20(21)16(17)8-19(24)25)27-12-14-4-6-26-7-5-14/h2-3,9-10,14H,4-8,11-12H2,1H3,(H2,21,23)/p+1. The van der Waals surface area contributed by atoms with Crippen LogP contribution in [-0.2, 0) is 22.5 Å². The zero-order chi connectivity index (χ0) is 18.8. The van der Waals surface area contributed by atoms with Crippen LogP contribution in [0.25, 0.3) is 0 Å². The average Bonchev–Trinajstić information content (AvgIpc) is 2.99. The maximum atomic E-state index is 12.5. The Hall–Kier alpha value is -2.67. The van der Waals surface area contributed by atoms with E-state index < -0.39 is 0 Å². The number of hydrogen-bond acceptors (Lipinski definition) is 5. The quantitative estimate of drug-likeness (QED) is 0.866. The van der Waals surface area contributed by atoms with Gasteiger partial charge in [-0.3, -0.25) is 4.79 Å². The number of aromatic amines is 1. The first kappa shape index (κ1) is 17.7. The van der Waals surface area contributed by atoms with Crippen molar-refractivity contribution >= 4 is 17.4 Å². The van der Waals surface area contributed by atoms with E-state index in [1.54, 1.807) is 4.90 Å². The number of carbonyl (C=O) groups excluding carboxylic acids is 1. The number of ether oxygens (including phenoxy) is 2. The van der Waals surface area contributed by atoms with Crippen LogP contribution in [0, 0.1) is 12.8 Å². The van der Waals surface area contributed by atoms with E-state index in [2.05, 4.69) is 9.97 Å². The fourth-order valence-electron chi connectivity index (χ4n) is 3.54. The highest BCUT2D eigenvalue weighted by Crippen LogP contribution is 2.36. The van der Waals surface area contributed by atoms with Crippen molar-refractivity contribution in [3.05, 3.63) is 41.2 Å². The van der Waals surface area contributed by atoms with Gasteiger partial charge in [-0.15, -0.1) is 0 Å². The normalized spacial score (nSPS) is 17.2. The van der Waals surface area contributed by atoms with E-state index in [0.29, 0.717) is 30.8 Å². The van der Waals surface area contributed by atoms with Crippen LogP contribution in [0.4, 0.5) is 11.5 Å². The van der Waals surface area contributed by atoms with E-state index in [1.807, 2.05) is 31.3 Å². The van der Waals surface area contributed by atoms with Crippen molar-refractivity contribution in [2.75, 3.05) is 30.5 Å². The second kappa shape index (κ2) is 7.52. The van der Waals surface area contributed by atoms with Crippen molar-refractivity contribution in [3.63, 3.8) is 0 Å². The predicted octanol–water partition coefficient (Wildman–Crippen LogP) is 1.68. The molecule has 7 nitrogen and oxygen atoms in total. The van der Waals surface area contributed by atoms with Gasteiger partial charge in [0.15, 0.2) is 11.9 Å². The molecule has 0 radical (unpaired) electrons. The van der Waals surface area contributed by atoms with Crippen LogP contribution in [-0.4, -0.2) is 30.7 Å². The van der Waals surface area contributed by atoms with Gasteiger partial charge in [0.2, 0.25) is 11.8 Å². The van der Waals surface area contributed by atoms with Crippen LogP contribution >= 0.6 is 0 Å². The number of nitrogens with one attached hydrogen (secondary N) is 1. The van der Waals surface area contributed by atoms with Crippen molar-refractivity contribution in [1.82, 2.24) is 4.98 Å². The van der Waals surface area contributed by atoms with E-state index in [9.17, 15) is 4.79 Å². The minimum atomic E-state index is 0.0284. The number of fused-ring (bicyclic) bond motifs is 1. The van der Waals surface area contributed by atoms with Gasteiger partial charge in [0.1, 0.15) is 5.82 Å². The molecule has 0 saturated carbocycles. The third kappa shape index (κ3) is 3.88. The SMILES string of the molecule is Cc1ccc(CN2C(=O)Cc3c2cc(OCC2CCOCC2)nc3N)c[nH+]1. The van der Waals surface area contributed by atoms with Crippen molar-refractivity contribution in [2.45, 2.75) is 32.7 Å². The van der Waals surface area contributed by atoms with E-state index in [4.69, 9.17) is 15.2 Å². The molecule has 1 fully saturated rings. The maximum Gasteiger partial charge on any atom is 0.231 e. The van der Waals surface area contributed by atoms with E-state index >= 15 is 0 Å². The summed E-state index contributed by atoms with van der Waals surface area (Å²) in [5.41, 5.74) is 9.81. The summed E-state index contributed by atoms with van der Waals surface area (Å²) in [6.07, 6.45) is 4.20. The zero-order valence-corrected chi connectivity index (χ0v) is 15.5. The first-order chi connectivity index (χ1) is 13.1. The topological polar surface area (TPSA) is 91.8 Å². The largest absolute Gasteiger partial charge is 0.477 e. The minimum absolute atomic E-state index is 0.0284. The number of nitrogens with two attached hydrogens (primary N) is 1. The fourth-order valence-corrected chi connectivity index (χ4v) is 3.54. The van der Waals surface area contributed by atoms with Crippen LogP contribution in [0.3, 0.4) is 0 Å². The molecule has 2 aromatic heterocycles. The number of pyridine rings is 2. The number of aromatic nitrogens is 2. The molecule has 7 heteroatoms. The Morgan fingerprint density at radius 3 is 2.93 bits per heavy atom. The van der Waals surface area contributed by atoms with Gasteiger partial charge in [0, 0.05) is 43.4 Å². The number of nitrogens with zero attached hydrogens (tertiary/aromatic N) is 2. The molecule has 27 heavy (non-hydrogen) atoms. The third-order valence-corrected chi connectivity index (χ3v) is 5.21. The molecule has 1 saturated heterocycles. The molecule has 1 amide bonds. The van der Waals surface area contributed by atoms with E-state index in [0.717, 1.165) is 48.6 Å². The lowest BCUT2D eigenvalue weighted by Crippen LogP contribution is -2.27. The second-order valence-corrected chi connectivity index (χ2v) is 7.25. The van der Waals surface area contributed by atoms with Crippen LogP contribution in [0.15, 0.2) is 24.4 Å². The molecule has 4 rings (SSSR count). The van der Waals surface area contributed by atoms with Crippen LogP contribution < -0.4 is 20.4 Å².